The summed E-state index contributed by atoms with van der Waals surface area (Å²) < 4.78 is 0. The van der Waals surface area contributed by atoms with Crippen LogP contribution in [0.4, 0.5) is 0 Å². The maximum Gasteiger partial charge on any atom is 0.274 e. The first kappa shape index (κ1) is 14.6. The average Bonchev–Trinajstić information content (AvgIpc) is 3.17. The molecule has 2 atom stereocenters. The minimum absolute atomic E-state index is 0.00328. The van der Waals surface area contributed by atoms with Gasteiger partial charge in [-0.15, -0.1) is 0 Å². The predicted molar refractivity (Wildman–Crippen MR) is 80.1 cm³/mol. The van der Waals surface area contributed by atoms with Crippen LogP contribution < -0.4 is 0 Å². The summed E-state index contributed by atoms with van der Waals surface area (Å²) in [5.41, 5.74) is 1.64. The highest BCUT2D eigenvalue weighted by Gasteiger charge is 2.31. The van der Waals surface area contributed by atoms with E-state index in [1.807, 2.05) is 11.0 Å². The van der Waals surface area contributed by atoms with Gasteiger partial charge in [0.25, 0.3) is 5.91 Å². The molecule has 0 bridgehead atoms. The summed E-state index contributed by atoms with van der Waals surface area (Å²) in [5, 5.41) is 16.9. The van der Waals surface area contributed by atoms with Crippen molar-refractivity contribution in [3.63, 3.8) is 0 Å². The number of aliphatic hydroxyl groups is 1. The Hall–Kier alpha value is -1.36. The van der Waals surface area contributed by atoms with Gasteiger partial charge in [-0.3, -0.25) is 9.89 Å². The number of carbonyl (C=O) groups excluding carboxylic acids is 1. The summed E-state index contributed by atoms with van der Waals surface area (Å²) in [6, 6.07) is 1.94. The van der Waals surface area contributed by atoms with Gasteiger partial charge in [-0.25, -0.2) is 0 Å². The van der Waals surface area contributed by atoms with Crippen LogP contribution in [0.25, 0.3) is 0 Å². The lowest BCUT2D eigenvalue weighted by molar-refractivity contribution is 0.0757. The predicted octanol–water partition coefficient (Wildman–Crippen LogP) is 2.30. The molecule has 1 aromatic heterocycles. The minimum Gasteiger partial charge on any atom is -0.393 e. The van der Waals surface area contributed by atoms with Gasteiger partial charge >= 0.3 is 0 Å². The Morgan fingerprint density at radius 1 is 1.38 bits per heavy atom. The van der Waals surface area contributed by atoms with E-state index >= 15 is 0 Å². The van der Waals surface area contributed by atoms with Crippen molar-refractivity contribution in [1.29, 1.82) is 0 Å². The standard InChI is InChI=1S/C16H25N3O2/c1-11(20)13-7-8-19(10-13)16(21)15-9-14(17-18-15)12-5-3-2-4-6-12/h9,11-13,20H,2-8,10H2,1H3,(H,17,18). The summed E-state index contributed by atoms with van der Waals surface area (Å²) in [7, 11) is 0. The van der Waals surface area contributed by atoms with Crippen LogP contribution in [-0.4, -0.2) is 45.3 Å². The van der Waals surface area contributed by atoms with Crippen molar-refractivity contribution < 1.29 is 9.90 Å². The minimum atomic E-state index is -0.347. The van der Waals surface area contributed by atoms with E-state index in [0.29, 0.717) is 18.2 Å². The van der Waals surface area contributed by atoms with Crippen LogP contribution in [0.5, 0.6) is 0 Å². The van der Waals surface area contributed by atoms with E-state index in [1.54, 1.807) is 6.92 Å². The molecule has 5 nitrogen and oxygen atoms in total. The summed E-state index contributed by atoms with van der Waals surface area (Å²) in [5.74, 6) is 0.735. The summed E-state index contributed by atoms with van der Waals surface area (Å²) in [6.45, 7) is 3.16. The molecular formula is C16H25N3O2. The zero-order chi connectivity index (χ0) is 14.8. The quantitative estimate of drug-likeness (QED) is 0.898. The van der Waals surface area contributed by atoms with Crippen LogP contribution in [-0.2, 0) is 0 Å². The van der Waals surface area contributed by atoms with E-state index in [9.17, 15) is 9.90 Å². The molecule has 5 heteroatoms. The largest absolute Gasteiger partial charge is 0.393 e. The van der Waals surface area contributed by atoms with Gasteiger partial charge in [0.1, 0.15) is 5.69 Å². The molecule has 1 amide bonds. The molecule has 0 aromatic carbocycles. The Balaban J connectivity index is 1.64. The van der Waals surface area contributed by atoms with Gasteiger partial charge in [-0.2, -0.15) is 5.10 Å². The number of hydrogen-bond donors (Lipinski definition) is 2. The van der Waals surface area contributed by atoms with Crippen molar-refractivity contribution in [3.8, 4) is 0 Å². The fraction of sp³-hybridized carbons (Fsp3) is 0.750. The van der Waals surface area contributed by atoms with Crippen molar-refractivity contribution in [2.75, 3.05) is 13.1 Å². The molecule has 2 aliphatic rings. The van der Waals surface area contributed by atoms with Crippen molar-refractivity contribution in [2.24, 2.45) is 5.92 Å². The molecule has 2 N–H and O–H groups in total. The van der Waals surface area contributed by atoms with E-state index in [-0.39, 0.29) is 17.9 Å². The fourth-order valence-electron chi connectivity index (χ4n) is 3.60. The first-order valence-corrected chi connectivity index (χ1v) is 8.18. The number of likely N-dealkylation sites (tertiary alicyclic amines) is 1. The van der Waals surface area contributed by atoms with E-state index in [0.717, 1.165) is 18.7 Å². The maximum atomic E-state index is 12.5. The van der Waals surface area contributed by atoms with Crippen LogP contribution >= 0.6 is 0 Å². The first-order valence-electron chi connectivity index (χ1n) is 8.18. The normalized spacial score (nSPS) is 25.2. The Morgan fingerprint density at radius 2 is 2.14 bits per heavy atom. The molecule has 2 unspecified atom stereocenters. The summed E-state index contributed by atoms with van der Waals surface area (Å²) in [4.78, 5) is 14.3. The number of H-pyrrole nitrogens is 1. The Morgan fingerprint density at radius 3 is 2.81 bits per heavy atom. The molecule has 1 aliphatic heterocycles. The number of aromatic amines is 1. The number of nitrogens with zero attached hydrogens (tertiary/aromatic N) is 2. The molecule has 1 aromatic rings. The molecule has 0 spiro atoms. The fourth-order valence-corrected chi connectivity index (χ4v) is 3.60. The second-order valence-corrected chi connectivity index (χ2v) is 6.58. The van der Waals surface area contributed by atoms with E-state index in [1.165, 1.54) is 32.1 Å². The third-order valence-corrected chi connectivity index (χ3v) is 5.06. The summed E-state index contributed by atoms with van der Waals surface area (Å²) in [6.07, 6.45) is 6.80. The van der Waals surface area contributed by atoms with E-state index in [2.05, 4.69) is 10.2 Å². The van der Waals surface area contributed by atoms with Crippen LogP contribution in [0.2, 0.25) is 0 Å². The van der Waals surface area contributed by atoms with E-state index in [4.69, 9.17) is 0 Å². The zero-order valence-electron chi connectivity index (χ0n) is 12.7. The topological polar surface area (TPSA) is 69.2 Å². The monoisotopic (exact) mass is 291 g/mol. The van der Waals surface area contributed by atoms with Gasteiger partial charge in [0.05, 0.1) is 6.10 Å². The maximum absolute atomic E-state index is 12.5. The number of rotatable bonds is 3. The van der Waals surface area contributed by atoms with Crippen molar-refractivity contribution >= 4 is 5.91 Å². The van der Waals surface area contributed by atoms with Crippen molar-refractivity contribution in [2.45, 2.75) is 57.5 Å². The molecule has 1 saturated heterocycles. The molecule has 0 radical (unpaired) electrons. The molecule has 3 rings (SSSR count). The summed E-state index contributed by atoms with van der Waals surface area (Å²) >= 11 is 0. The molecule has 21 heavy (non-hydrogen) atoms. The van der Waals surface area contributed by atoms with Gasteiger partial charge < -0.3 is 10.0 Å². The van der Waals surface area contributed by atoms with Crippen molar-refractivity contribution in [3.05, 3.63) is 17.5 Å². The van der Waals surface area contributed by atoms with Crippen molar-refractivity contribution in [1.82, 2.24) is 15.1 Å². The van der Waals surface area contributed by atoms with Gasteiger partial charge in [0, 0.05) is 30.6 Å². The lowest BCUT2D eigenvalue weighted by Gasteiger charge is -2.19. The van der Waals surface area contributed by atoms with Crippen LogP contribution in [0.15, 0.2) is 6.07 Å². The first-order chi connectivity index (χ1) is 10.1. The number of amides is 1. The zero-order valence-corrected chi connectivity index (χ0v) is 12.7. The lowest BCUT2D eigenvalue weighted by atomic mass is 9.87. The molecular weight excluding hydrogens is 266 g/mol. The highest BCUT2D eigenvalue weighted by Crippen LogP contribution is 2.32. The lowest BCUT2D eigenvalue weighted by Crippen LogP contribution is -2.30. The Bertz CT molecular complexity index is 491. The second kappa shape index (κ2) is 6.18. The molecule has 1 saturated carbocycles. The SMILES string of the molecule is CC(O)C1CCN(C(=O)c2cc(C3CCCCC3)[nH]n2)C1. The average molecular weight is 291 g/mol. The molecule has 116 valence electrons. The third-order valence-electron chi connectivity index (χ3n) is 5.06. The van der Waals surface area contributed by atoms with Gasteiger partial charge in [0.2, 0.25) is 0 Å². The van der Waals surface area contributed by atoms with Crippen LogP contribution in [0.1, 0.15) is 67.5 Å². The number of aromatic nitrogens is 2. The number of carbonyl (C=O) groups is 1. The number of hydrogen-bond acceptors (Lipinski definition) is 3. The van der Waals surface area contributed by atoms with E-state index < -0.39 is 0 Å². The Labute approximate surface area is 125 Å². The molecule has 1 aliphatic carbocycles. The molecule has 2 heterocycles. The smallest absolute Gasteiger partial charge is 0.274 e. The highest BCUT2D eigenvalue weighted by molar-refractivity contribution is 5.92. The molecule has 2 fully saturated rings. The van der Waals surface area contributed by atoms with Crippen LogP contribution in [0.3, 0.4) is 0 Å². The van der Waals surface area contributed by atoms with Gasteiger partial charge in [-0.05, 0) is 32.3 Å². The number of aliphatic hydroxyl groups excluding tert-OH is 1. The second-order valence-electron chi connectivity index (χ2n) is 6.58. The van der Waals surface area contributed by atoms with Gasteiger partial charge in [-0.1, -0.05) is 19.3 Å². The van der Waals surface area contributed by atoms with Crippen LogP contribution in [0, 0.1) is 5.92 Å². The number of nitrogens with one attached hydrogen (secondary N) is 1. The van der Waals surface area contributed by atoms with Gasteiger partial charge in [0.15, 0.2) is 0 Å². The highest BCUT2D eigenvalue weighted by atomic mass is 16.3. The third kappa shape index (κ3) is 3.12. The Kier molecular flexibility index (Phi) is 4.29.